The molecule has 0 fully saturated rings. The van der Waals surface area contributed by atoms with E-state index in [2.05, 4.69) is 21.2 Å². The first-order chi connectivity index (χ1) is 7.25. The molecule has 0 amide bonds. The highest BCUT2D eigenvalue weighted by molar-refractivity contribution is 9.10. The summed E-state index contributed by atoms with van der Waals surface area (Å²) < 4.78 is 24.8. The van der Waals surface area contributed by atoms with Crippen molar-refractivity contribution in [3.8, 4) is 0 Å². The molecule has 16 heavy (non-hydrogen) atoms. The number of anilines is 1. The molecule has 1 aliphatic rings. The molecule has 0 bridgehead atoms. The maximum Gasteiger partial charge on any atom is 0.187 e. The minimum absolute atomic E-state index is 0.399. The molecule has 0 atom stereocenters. The van der Waals surface area contributed by atoms with Gasteiger partial charge in [0, 0.05) is 11.0 Å². The van der Waals surface area contributed by atoms with Crippen molar-refractivity contribution in [2.45, 2.75) is 30.4 Å². The third kappa shape index (κ3) is 1.57. The van der Waals surface area contributed by atoms with Gasteiger partial charge >= 0.3 is 0 Å². The van der Waals surface area contributed by atoms with Crippen LogP contribution in [0.5, 0.6) is 0 Å². The molecule has 1 aliphatic heterocycles. The number of hydrogen-bond acceptors (Lipinski definition) is 3. The summed E-state index contributed by atoms with van der Waals surface area (Å²) in [7, 11) is -3.26. The first-order valence-electron chi connectivity index (χ1n) is 5.04. The number of halogens is 1. The topological polar surface area (TPSA) is 46.2 Å². The molecular formula is C11H14BrNO2S. The zero-order valence-electron chi connectivity index (χ0n) is 9.46. The lowest BCUT2D eigenvalue weighted by Gasteiger charge is -2.32. The number of rotatable bonds is 0. The number of aryl methyl sites for hydroxylation is 1. The molecule has 1 heterocycles. The summed E-state index contributed by atoms with van der Waals surface area (Å²) in [5.74, 6) is 0. The fraction of sp³-hybridized carbons (Fsp3) is 0.455. The second-order valence-corrected chi connectivity index (χ2v) is 8.14. The van der Waals surface area contributed by atoms with Crippen LogP contribution in [0.1, 0.15) is 19.4 Å². The summed E-state index contributed by atoms with van der Waals surface area (Å²) in [6.45, 7) is 5.81. The van der Waals surface area contributed by atoms with Gasteiger partial charge in [-0.1, -0.05) is 0 Å². The van der Waals surface area contributed by atoms with Crippen molar-refractivity contribution in [1.82, 2.24) is 0 Å². The lowest BCUT2D eigenvalue weighted by atomic mass is 10.1. The van der Waals surface area contributed by atoms with Gasteiger partial charge in [-0.15, -0.1) is 0 Å². The maximum absolute atomic E-state index is 12.4. The Labute approximate surface area is 104 Å². The number of fused-ring (bicyclic) bond motifs is 1. The molecule has 0 saturated carbocycles. The molecule has 2 rings (SSSR count). The number of sulfone groups is 1. The van der Waals surface area contributed by atoms with Crippen LogP contribution in [0.15, 0.2) is 21.5 Å². The minimum atomic E-state index is -3.26. The normalized spacial score (nSPS) is 21.0. The molecule has 0 unspecified atom stereocenters. The first kappa shape index (κ1) is 11.9. The molecular weight excluding hydrogens is 290 g/mol. The van der Waals surface area contributed by atoms with Gasteiger partial charge in [0.1, 0.15) is 0 Å². The summed E-state index contributed by atoms with van der Waals surface area (Å²) in [6, 6.07) is 3.64. The molecule has 0 radical (unpaired) electrons. The Bertz CT molecular complexity index is 549. The third-order valence-electron chi connectivity index (χ3n) is 2.91. The Kier molecular flexibility index (Phi) is 2.58. The molecule has 0 aliphatic carbocycles. The highest BCUT2D eigenvalue weighted by atomic mass is 79.9. The quantitative estimate of drug-likeness (QED) is 0.801. The summed E-state index contributed by atoms with van der Waals surface area (Å²) in [4.78, 5) is 0.399. The van der Waals surface area contributed by atoms with Crippen molar-refractivity contribution in [3.05, 3.63) is 22.2 Å². The second-order valence-electron chi connectivity index (χ2n) is 4.74. The van der Waals surface area contributed by atoms with Crippen LogP contribution < -0.4 is 5.32 Å². The van der Waals surface area contributed by atoms with E-state index >= 15 is 0 Å². The Morgan fingerprint density at radius 2 is 2.00 bits per heavy atom. The van der Waals surface area contributed by atoms with Gasteiger partial charge in [-0.3, -0.25) is 0 Å². The molecule has 3 nitrogen and oxygen atoms in total. The molecule has 1 aromatic carbocycles. The Balaban J connectivity index is 2.78. The van der Waals surface area contributed by atoms with Gasteiger partial charge in [0.05, 0.1) is 15.3 Å². The van der Waals surface area contributed by atoms with Gasteiger partial charge < -0.3 is 5.32 Å². The predicted molar refractivity (Wildman–Crippen MR) is 68.6 cm³/mol. The van der Waals surface area contributed by atoms with Crippen LogP contribution in [0.2, 0.25) is 0 Å². The molecule has 88 valence electrons. The molecule has 0 spiro atoms. The fourth-order valence-corrected chi connectivity index (χ4v) is 4.28. The number of hydrogen-bond donors (Lipinski definition) is 1. The van der Waals surface area contributed by atoms with Crippen LogP contribution in [-0.4, -0.2) is 19.7 Å². The number of nitrogens with one attached hydrogen (secondary N) is 1. The standard InChI is InChI=1S/C11H14BrNO2S/c1-7-4-8(12)10-9(5-7)16(14,15)11(2,3)6-13-10/h4-5,13H,6H2,1-3H3. The van der Waals surface area contributed by atoms with E-state index in [-0.39, 0.29) is 0 Å². The predicted octanol–water partition coefficient (Wildman–Crippen LogP) is 2.74. The second kappa shape index (κ2) is 3.47. The van der Waals surface area contributed by atoms with Crippen molar-refractivity contribution in [1.29, 1.82) is 0 Å². The lowest BCUT2D eigenvalue weighted by Crippen LogP contribution is -2.43. The first-order valence-corrected chi connectivity index (χ1v) is 7.32. The van der Waals surface area contributed by atoms with Crippen LogP contribution in [0.25, 0.3) is 0 Å². The highest BCUT2D eigenvalue weighted by Crippen LogP contribution is 2.40. The van der Waals surface area contributed by atoms with E-state index in [4.69, 9.17) is 0 Å². The van der Waals surface area contributed by atoms with Crippen molar-refractivity contribution in [2.24, 2.45) is 0 Å². The van der Waals surface area contributed by atoms with Gasteiger partial charge in [0.15, 0.2) is 9.84 Å². The molecule has 0 saturated heterocycles. The summed E-state index contributed by atoms with van der Waals surface area (Å²) in [5, 5.41) is 3.18. The van der Waals surface area contributed by atoms with Crippen LogP contribution in [0.4, 0.5) is 5.69 Å². The summed E-state index contributed by atoms with van der Waals surface area (Å²) >= 11 is 3.40. The van der Waals surface area contributed by atoms with Crippen molar-refractivity contribution < 1.29 is 8.42 Å². The zero-order valence-corrected chi connectivity index (χ0v) is 11.9. The summed E-state index contributed by atoms with van der Waals surface area (Å²) in [6.07, 6.45) is 0. The van der Waals surface area contributed by atoms with Crippen LogP contribution in [-0.2, 0) is 9.84 Å². The van der Waals surface area contributed by atoms with Crippen LogP contribution in [0, 0.1) is 6.92 Å². The van der Waals surface area contributed by atoms with Gasteiger partial charge in [-0.25, -0.2) is 8.42 Å². The third-order valence-corrected chi connectivity index (χ3v) is 6.03. The maximum atomic E-state index is 12.4. The summed E-state index contributed by atoms with van der Waals surface area (Å²) in [5.41, 5.74) is 1.62. The largest absolute Gasteiger partial charge is 0.381 e. The van der Waals surface area contributed by atoms with Gasteiger partial charge in [-0.05, 0) is 54.4 Å². The van der Waals surface area contributed by atoms with Crippen molar-refractivity contribution in [3.63, 3.8) is 0 Å². The van der Waals surface area contributed by atoms with E-state index in [1.54, 1.807) is 19.9 Å². The van der Waals surface area contributed by atoms with Gasteiger partial charge in [-0.2, -0.15) is 0 Å². The van der Waals surface area contributed by atoms with E-state index in [0.29, 0.717) is 17.1 Å². The molecule has 0 aromatic heterocycles. The van der Waals surface area contributed by atoms with E-state index in [1.807, 2.05) is 13.0 Å². The average Bonchev–Trinajstić information content (AvgIpc) is 2.13. The Morgan fingerprint density at radius 3 is 2.62 bits per heavy atom. The minimum Gasteiger partial charge on any atom is -0.381 e. The zero-order chi connectivity index (χ0) is 12.1. The number of benzene rings is 1. The highest BCUT2D eigenvalue weighted by Gasteiger charge is 2.41. The van der Waals surface area contributed by atoms with Crippen molar-refractivity contribution >= 4 is 31.5 Å². The van der Waals surface area contributed by atoms with E-state index in [1.165, 1.54) is 0 Å². The monoisotopic (exact) mass is 303 g/mol. The smallest absolute Gasteiger partial charge is 0.187 e. The average molecular weight is 304 g/mol. The van der Waals surface area contributed by atoms with Gasteiger partial charge in [0.2, 0.25) is 0 Å². The lowest BCUT2D eigenvalue weighted by molar-refractivity contribution is 0.548. The Hall–Kier alpha value is -0.550. The van der Waals surface area contributed by atoms with Crippen LogP contribution in [0.3, 0.4) is 0 Å². The molecule has 1 aromatic rings. The fourth-order valence-electron chi connectivity index (χ4n) is 1.79. The Morgan fingerprint density at radius 1 is 1.38 bits per heavy atom. The van der Waals surface area contributed by atoms with Crippen LogP contribution >= 0.6 is 15.9 Å². The van der Waals surface area contributed by atoms with E-state index in [9.17, 15) is 8.42 Å². The van der Waals surface area contributed by atoms with E-state index < -0.39 is 14.6 Å². The van der Waals surface area contributed by atoms with Gasteiger partial charge in [0.25, 0.3) is 0 Å². The molecule has 1 N–H and O–H groups in total. The van der Waals surface area contributed by atoms with Crippen molar-refractivity contribution in [2.75, 3.05) is 11.9 Å². The molecule has 5 heteroatoms. The SMILES string of the molecule is Cc1cc(Br)c2c(c1)S(=O)(=O)C(C)(C)CN2. The van der Waals surface area contributed by atoms with E-state index in [0.717, 1.165) is 10.0 Å².